The summed E-state index contributed by atoms with van der Waals surface area (Å²) in [5.74, 6) is 0.670. The highest BCUT2D eigenvalue weighted by atomic mass is 32.2. The number of carbonyl (C=O) groups excluding carboxylic acids is 1. The molecule has 2 heterocycles. The molecule has 1 aliphatic heterocycles. The van der Waals surface area contributed by atoms with Gasteiger partial charge >= 0.3 is 5.97 Å². The van der Waals surface area contributed by atoms with E-state index in [2.05, 4.69) is 9.98 Å². The van der Waals surface area contributed by atoms with Crippen LogP contribution in [-0.2, 0) is 15.3 Å². The number of hydrogen-bond acceptors (Lipinski definition) is 8. The van der Waals surface area contributed by atoms with Gasteiger partial charge in [-0.05, 0) is 50.8 Å². The summed E-state index contributed by atoms with van der Waals surface area (Å²) in [6.45, 7) is 5.56. The van der Waals surface area contributed by atoms with E-state index in [1.54, 1.807) is 36.8 Å². The van der Waals surface area contributed by atoms with Crippen LogP contribution in [0.3, 0.4) is 0 Å². The van der Waals surface area contributed by atoms with Crippen molar-refractivity contribution in [3.05, 3.63) is 53.7 Å². The van der Waals surface area contributed by atoms with Gasteiger partial charge in [0.05, 0.1) is 19.3 Å². The van der Waals surface area contributed by atoms with Crippen LogP contribution >= 0.6 is 23.5 Å². The molecule has 1 aliphatic rings. The fourth-order valence-electron chi connectivity index (χ4n) is 3.26. The molecule has 0 bridgehead atoms. The number of thioether (sulfide) groups is 2. The van der Waals surface area contributed by atoms with Gasteiger partial charge in [-0.1, -0.05) is 30.0 Å². The van der Waals surface area contributed by atoms with Crippen molar-refractivity contribution in [2.75, 3.05) is 13.4 Å². The van der Waals surface area contributed by atoms with Gasteiger partial charge in [-0.25, -0.2) is 9.98 Å². The Labute approximate surface area is 192 Å². The number of carbonyl (C=O) groups is 1. The average Bonchev–Trinajstić information content (AvgIpc) is 2.77. The minimum Gasteiger partial charge on any atom is -0.497 e. The first kappa shape index (κ1) is 23.3. The zero-order valence-electron chi connectivity index (χ0n) is 18.4. The molecule has 31 heavy (non-hydrogen) atoms. The van der Waals surface area contributed by atoms with Crippen molar-refractivity contribution in [2.45, 2.75) is 43.7 Å². The van der Waals surface area contributed by atoms with Crippen LogP contribution in [-0.4, -0.2) is 41.3 Å². The molecular formula is C23H27N3O3S2. The maximum Gasteiger partial charge on any atom is 0.317 e. The first-order valence-corrected chi connectivity index (χ1v) is 12.2. The van der Waals surface area contributed by atoms with E-state index in [1.165, 1.54) is 0 Å². The normalized spacial score (nSPS) is 18.4. The first-order chi connectivity index (χ1) is 14.9. The minimum atomic E-state index is -0.567. The van der Waals surface area contributed by atoms with Crippen LogP contribution in [0.2, 0.25) is 0 Å². The number of nitrogens with zero attached hydrogens (tertiary/aromatic N) is 3. The Bertz CT molecular complexity index is 974. The monoisotopic (exact) mass is 457 g/mol. The Balaban J connectivity index is 1.89. The third-order valence-corrected chi connectivity index (χ3v) is 6.39. The summed E-state index contributed by atoms with van der Waals surface area (Å²) >= 11 is 3.09. The summed E-state index contributed by atoms with van der Waals surface area (Å²) in [6.07, 6.45) is 3.52. The fraction of sp³-hybridized carbons (Fsp3) is 0.391. The molecule has 1 aromatic carbocycles. The van der Waals surface area contributed by atoms with Crippen LogP contribution in [0.1, 0.15) is 37.9 Å². The Kier molecular flexibility index (Phi) is 8.15. The SMILES string of the molecule is COc1ccc(CSC2=NC(c3cccnc3SC)C(C(=O)OC(C)C)C(C)=N2)cc1. The van der Waals surface area contributed by atoms with Crippen molar-refractivity contribution < 1.29 is 14.3 Å². The number of methoxy groups -OCH3 is 1. The molecule has 0 radical (unpaired) electrons. The second-order valence-electron chi connectivity index (χ2n) is 7.31. The summed E-state index contributed by atoms with van der Waals surface area (Å²) in [7, 11) is 1.65. The number of esters is 1. The molecule has 0 saturated carbocycles. The fourth-order valence-corrected chi connectivity index (χ4v) is 4.74. The predicted molar refractivity (Wildman–Crippen MR) is 128 cm³/mol. The van der Waals surface area contributed by atoms with Crippen LogP contribution in [0.5, 0.6) is 5.75 Å². The highest BCUT2D eigenvalue weighted by Gasteiger charge is 2.38. The molecule has 0 fully saturated rings. The predicted octanol–water partition coefficient (Wildman–Crippen LogP) is 5.18. The van der Waals surface area contributed by atoms with E-state index in [4.69, 9.17) is 14.5 Å². The minimum absolute atomic E-state index is 0.204. The summed E-state index contributed by atoms with van der Waals surface area (Å²) in [6, 6.07) is 11.4. The van der Waals surface area contributed by atoms with Gasteiger partial charge in [-0.3, -0.25) is 9.79 Å². The molecule has 1 aromatic heterocycles. The molecule has 2 unspecified atom stereocenters. The number of ether oxygens (including phenoxy) is 2. The van der Waals surface area contributed by atoms with Gasteiger partial charge in [0.2, 0.25) is 0 Å². The van der Waals surface area contributed by atoms with E-state index in [1.807, 2.05) is 63.4 Å². The highest BCUT2D eigenvalue weighted by molar-refractivity contribution is 8.13. The molecule has 0 spiro atoms. The largest absolute Gasteiger partial charge is 0.497 e. The number of rotatable bonds is 7. The van der Waals surface area contributed by atoms with Gasteiger partial charge in [-0.2, -0.15) is 0 Å². The zero-order chi connectivity index (χ0) is 22.4. The van der Waals surface area contributed by atoms with Gasteiger partial charge in [0.1, 0.15) is 16.7 Å². The molecule has 0 N–H and O–H groups in total. The number of hydrogen-bond donors (Lipinski definition) is 0. The Morgan fingerprint density at radius 3 is 2.58 bits per heavy atom. The first-order valence-electron chi connectivity index (χ1n) is 10.0. The molecule has 8 heteroatoms. The van der Waals surface area contributed by atoms with E-state index in [9.17, 15) is 4.79 Å². The smallest absolute Gasteiger partial charge is 0.317 e. The maximum atomic E-state index is 12.9. The third-order valence-electron chi connectivity index (χ3n) is 4.73. The van der Waals surface area contributed by atoms with E-state index in [0.29, 0.717) is 10.9 Å². The molecule has 2 atom stereocenters. The van der Waals surface area contributed by atoms with E-state index < -0.39 is 12.0 Å². The highest BCUT2D eigenvalue weighted by Crippen LogP contribution is 2.37. The Morgan fingerprint density at radius 2 is 1.94 bits per heavy atom. The maximum absolute atomic E-state index is 12.9. The molecule has 3 rings (SSSR count). The Morgan fingerprint density at radius 1 is 1.19 bits per heavy atom. The third kappa shape index (κ3) is 5.89. The van der Waals surface area contributed by atoms with Crippen molar-refractivity contribution in [2.24, 2.45) is 15.9 Å². The summed E-state index contributed by atoms with van der Waals surface area (Å²) in [5, 5.41) is 1.51. The van der Waals surface area contributed by atoms with Crippen LogP contribution in [0.15, 0.2) is 57.6 Å². The molecule has 6 nitrogen and oxygen atoms in total. The van der Waals surface area contributed by atoms with Crippen molar-refractivity contribution in [3.63, 3.8) is 0 Å². The molecule has 0 amide bonds. The van der Waals surface area contributed by atoms with E-state index in [-0.39, 0.29) is 12.1 Å². The summed E-state index contributed by atoms with van der Waals surface area (Å²) in [5.41, 5.74) is 2.77. The number of aliphatic imine (C=N–C) groups is 2. The van der Waals surface area contributed by atoms with E-state index >= 15 is 0 Å². The van der Waals surface area contributed by atoms with Crippen LogP contribution < -0.4 is 4.74 Å². The lowest BCUT2D eigenvalue weighted by atomic mass is 9.90. The molecule has 0 aliphatic carbocycles. The molecule has 2 aromatic rings. The number of pyridine rings is 1. The second-order valence-corrected chi connectivity index (χ2v) is 9.05. The molecule has 0 saturated heterocycles. The number of amidine groups is 1. The van der Waals surface area contributed by atoms with Crippen molar-refractivity contribution >= 4 is 40.4 Å². The number of benzene rings is 1. The van der Waals surface area contributed by atoms with E-state index in [0.717, 1.165) is 27.7 Å². The van der Waals surface area contributed by atoms with Crippen molar-refractivity contribution in [3.8, 4) is 5.75 Å². The topological polar surface area (TPSA) is 73.1 Å². The van der Waals surface area contributed by atoms with Gasteiger partial charge in [0, 0.05) is 23.2 Å². The lowest BCUT2D eigenvalue weighted by molar-refractivity contribution is -0.150. The zero-order valence-corrected chi connectivity index (χ0v) is 20.0. The summed E-state index contributed by atoms with van der Waals surface area (Å²) < 4.78 is 10.8. The van der Waals surface area contributed by atoms with Gasteiger partial charge < -0.3 is 9.47 Å². The van der Waals surface area contributed by atoms with Gasteiger partial charge in [-0.15, -0.1) is 11.8 Å². The quantitative estimate of drug-likeness (QED) is 0.421. The van der Waals surface area contributed by atoms with Crippen molar-refractivity contribution in [1.29, 1.82) is 0 Å². The van der Waals surface area contributed by atoms with Crippen LogP contribution in [0.4, 0.5) is 0 Å². The van der Waals surface area contributed by atoms with Crippen LogP contribution in [0.25, 0.3) is 0 Å². The van der Waals surface area contributed by atoms with Crippen molar-refractivity contribution in [1.82, 2.24) is 4.98 Å². The standard InChI is InChI=1S/C23H27N3O3S2/c1-14(2)29-22(27)19-15(3)25-23(31-13-16-8-10-17(28-4)11-9-16)26-20(19)18-7-6-12-24-21(18)30-5/h6-12,14,19-20H,13H2,1-5H3. The second kappa shape index (κ2) is 10.8. The lowest BCUT2D eigenvalue weighted by Crippen LogP contribution is -2.34. The van der Waals surface area contributed by atoms with Crippen LogP contribution in [0, 0.1) is 5.92 Å². The molecular weight excluding hydrogens is 430 g/mol. The van der Waals surface area contributed by atoms with Gasteiger partial charge in [0.25, 0.3) is 0 Å². The average molecular weight is 458 g/mol. The van der Waals surface area contributed by atoms with Gasteiger partial charge in [0.15, 0.2) is 5.17 Å². The summed E-state index contributed by atoms with van der Waals surface area (Å²) in [4.78, 5) is 26.9. The molecule has 164 valence electrons. The Hall–Kier alpha value is -2.32. The lowest BCUT2D eigenvalue weighted by Gasteiger charge is -2.28. The number of aromatic nitrogens is 1.